The summed E-state index contributed by atoms with van der Waals surface area (Å²) in [7, 11) is 0. The molecule has 1 heterocycles. The molecule has 4 nitrogen and oxygen atoms in total. The van der Waals surface area contributed by atoms with E-state index in [9.17, 15) is 4.79 Å². The Labute approximate surface area is 122 Å². The topological polar surface area (TPSA) is 68.0 Å². The summed E-state index contributed by atoms with van der Waals surface area (Å²) >= 11 is 1.79. The summed E-state index contributed by atoms with van der Waals surface area (Å²) in [6, 6.07) is 13.6. The maximum absolute atomic E-state index is 11.9. The number of hydrogen-bond donors (Lipinski definition) is 2. The lowest BCUT2D eigenvalue weighted by Crippen LogP contribution is -2.26. The lowest BCUT2D eigenvalue weighted by Gasteiger charge is -2.06. The van der Waals surface area contributed by atoms with Gasteiger partial charge in [0, 0.05) is 24.2 Å². The quantitative estimate of drug-likeness (QED) is 0.800. The van der Waals surface area contributed by atoms with Crippen molar-refractivity contribution in [2.75, 3.05) is 18.0 Å². The highest BCUT2D eigenvalue weighted by molar-refractivity contribution is 7.98. The van der Waals surface area contributed by atoms with Crippen LogP contribution in [0.5, 0.6) is 0 Å². The molecule has 104 valence electrons. The summed E-state index contributed by atoms with van der Waals surface area (Å²) in [5, 5.41) is 2.85. The Morgan fingerprint density at radius 2 is 2.00 bits per heavy atom. The molecule has 1 amide bonds. The SMILES string of the molecule is Nc1ncccc1C(=O)NCCSCc1ccccc1. The number of carbonyl (C=O) groups excluding carboxylic acids is 1. The number of pyridine rings is 1. The molecular weight excluding hydrogens is 270 g/mol. The molecule has 1 aromatic carbocycles. The summed E-state index contributed by atoms with van der Waals surface area (Å²) in [5.41, 5.74) is 7.37. The summed E-state index contributed by atoms with van der Waals surface area (Å²) in [5.74, 6) is 1.91. The van der Waals surface area contributed by atoms with Gasteiger partial charge in [-0.15, -0.1) is 0 Å². The third kappa shape index (κ3) is 4.28. The molecule has 0 unspecified atom stereocenters. The molecule has 0 fully saturated rings. The van der Waals surface area contributed by atoms with Crippen LogP contribution in [0.25, 0.3) is 0 Å². The third-order valence-corrected chi connectivity index (χ3v) is 3.76. The molecule has 0 atom stereocenters. The van der Waals surface area contributed by atoms with E-state index in [0.29, 0.717) is 12.1 Å². The first-order valence-corrected chi connectivity index (χ1v) is 7.53. The molecule has 3 N–H and O–H groups in total. The molecule has 0 radical (unpaired) electrons. The van der Waals surface area contributed by atoms with E-state index in [1.54, 1.807) is 30.1 Å². The van der Waals surface area contributed by atoms with Gasteiger partial charge in [-0.25, -0.2) is 4.98 Å². The zero-order valence-corrected chi connectivity index (χ0v) is 11.9. The Morgan fingerprint density at radius 3 is 2.75 bits per heavy atom. The number of amides is 1. The molecule has 5 heteroatoms. The predicted octanol–water partition coefficient (Wildman–Crippen LogP) is 2.33. The van der Waals surface area contributed by atoms with Crippen LogP contribution in [0.2, 0.25) is 0 Å². The van der Waals surface area contributed by atoms with Gasteiger partial charge in [0.2, 0.25) is 0 Å². The molecule has 0 saturated carbocycles. The van der Waals surface area contributed by atoms with Crippen molar-refractivity contribution in [1.82, 2.24) is 10.3 Å². The fourth-order valence-electron chi connectivity index (χ4n) is 1.71. The van der Waals surface area contributed by atoms with Crippen molar-refractivity contribution < 1.29 is 4.79 Å². The van der Waals surface area contributed by atoms with Gasteiger partial charge in [0.05, 0.1) is 5.56 Å². The number of carbonyl (C=O) groups is 1. The minimum atomic E-state index is -0.170. The maximum atomic E-state index is 11.9. The van der Waals surface area contributed by atoms with Gasteiger partial charge in [-0.3, -0.25) is 4.79 Å². The van der Waals surface area contributed by atoms with Crippen molar-refractivity contribution in [1.29, 1.82) is 0 Å². The van der Waals surface area contributed by atoms with Gasteiger partial charge in [0.25, 0.3) is 5.91 Å². The van der Waals surface area contributed by atoms with Gasteiger partial charge in [0.15, 0.2) is 0 Å². The van der Waals surface area contributed by atoms with Crippen LogP contribution in [0.4, 0.5) is 5.82 Å². The Bertz CT molecular complexity index is 560. The molecule has 20 heavy (non-hydrogen) atoms. The average Bonchev–Trinajstić information content (AvgIpc) is 2.48. The first kappa shape index (κ1) is 14.4. The van der Waals surface area contributed by atoms with Crippen LogP contribution in [-0.2, 0) is 5.75 Å². The van der Waals surface area contributed by atoms with Crippen molar-refractivity contribution in [2.24, 2.45) is 0 Å². The van der Waals surface area contributed by atoms with E-state index >= 15 is 0 Å². The average molecular weight is 287 g/mol. The fraction of sp³-hybridized carbons (Fsp3) is 0.200. The van der Waals surface area contributed by atoms with Gasteiger partial charge in [0.1, 0.15) is 5.82 Å². The Morgan fingerprint density at radius 1 is 1.20 bits per heavy atom. The number of benzene rings is 1. The molecular formula is C15H17N3OS. The zero-order chi connectivity index (χ0) is 14.2. The van der Waals surface area contributed by atoms with Crippen molar-refractivity contribution in [3.8, 4) is 0 Å². The molecule has 0 spiro atoms. The van der Waals surface area contributed by atoms with Crippen LogP contribution in [0.1, 0.15) is 15.9 Å². The highest BCUT2D eigenvalue weighted by Crippen LogP contribution is 2.11. The summed E-state index contributed by atoms with van der Waals surface area (Å²) in [4.78, 5) is 15.8. The Kier molecular flexibility index (Phi) is 5.43. The Hall–Kier alpha value is -2.01. The van der Waals surface area contributed by atoms with E-state index in [4.69, 9.17) is 5.73 Å². The summed E-state index contributed by atoms with van der Waals surface area (Å²) < 4.78 is 0. The number of anilines is 1. The van der Waals surface area contributed by atoms with Crippen molar-refractivity contribution in [3.05, 3.63) is 59.8 Å². The van der Waals surface area contributed by atoms with Crippen molar-refractivity contribution in [2.45, 2.75) is 5.75 Å². The second kappa shape index (κ2) is 7.55. The van der Waals surface area contributed by atoms with E-state index < -0.39 is 0 Å². The second-order valence-electron chi connectivity index (χ2n) is 4.23. The van der Waals surface area contributed by atoms with Crippen LogP contribution in [0, 0.1) is 0 Å². The van der Waals surface area contributed by atoms with Crippen molar-refractivity contribution in [3.63, 3.8) is 0 Å². The number of nitrogens with zero attached hydrogens (tertiary/aromatic N) is 1. The van der Waals surface area contributed by atoms with Crippen LogP contribution >= 0.6 is 11.8 Å². The minimum absolute atomic E-state index is 0.170. The number of nitrogens with two attached hydrogens (primary N) is 1. The molecule has 0 aliphatic heterocycles. The summed E-state index contributed by atoms with van der Waals surface area (Å²) in [6.45, 7) is 0.616. The van der Waals surface area contributed by atoms with E-state index in [-0.39, 0.29) is 11.7 Å². The van der Waals surface area contributed by atoms with Gasteiger partial charge < -0.3 is 11.1 Å². The first-order chi connectivity index (χ1) is 9.77. The monoisotopic (exact) mass is 287 g/mol. The fourth-order valence-corrected chi connectivity index (χ4v) is 2.52. The lowest BCUT2D eigenvalue weighted by atomic mass is 10.2. The highest BCUT2D eigenvalue weighted by Gasteiger charge is 2.08. The molecule has 1 aromatic heterocycles. The predicted molar refractivity (Wildman–Crippen MR) is 83.6 cm³/mol. The molecule has 0 saturated heterocycles. The van der Waals surface area contributed by atoms with Crippen molar-refractivity contribution >= 4 is 23.5 Å². The zero-order valence-electron chi connectivity index (χ0n) is 11.1. The van der Waals surface area contributed by atoms with Crippen LogP contribution in [-0.4, -0.2) is 23.2 Å². The molecule has 0 aliphatic carbocycles. The largest absolute Gasteiger partial charge is 0.383 e. The van der Waals surface area contributed by atoms with Crippen LogP contribution in [0.15, 0.2) is 48.7 Å². The highest BCUT2D eigenvalue weighted by atomic mass is 32.2. The second-order valence-corrected chi connectivity index (χ2v) is 5.34. The lowest BCUT2D eigenvalue weighted by molar-refractivity contribution is 0.0957. The number of nitrogens with one attached hydrogen (secondary N) is 1. The number of aromatic nitrogens is 1. The first-order valence-electron chi connectivity index (χ1n) is 6.38. The standard InChI is InChI=1S/C15H17N3OS/c16-14-13(7-4-8-17-14)15(19)18-9-10-20-11-12-5-2-1-3-6-12/h1-8H,9-11H2,(H2,16,17)(H,18,19). The van der Waals surface area contributed by atoms with E-state index in [1.165, 1.54) is 5.56 Å². The number of hydrogen-bond acceptors (Lipinski definition) is 4. The molecule has 0 aliphatic rings. The van der Waals surface area contributed by atoms with Crippen LogP contribution < -0.4 is 11.1 Å². The van der Waals surface area contributed by atoms with E-state index in [2.05, 4.69) is 22.4 Å². The Balaban J connectivity index is 1.69. The maximum Gasteiger partial charge on any atom is 0.255 e. The third-order valence-electron chi connectivity index (χ3n) is 2.73. The van der Waals surface area contributed by atoms with Gasteiger partial charge in [-0.05, 0) is 17.7 Å². The van der Waals surface area contributed by atoms with Gasteiger partial charge in [-0.2, -0.15) is 11.8 Å². The number of nitrogen functional groups attached to an aromatic ring is 1. The summed E-state index contributed by atoms with van der Waals surface area (Å²) in [6.07, 6.45) is 1.57. The minimum Gasteiger partial charge on any atom is -0.383 e. The number of thioether (sulfide) groups is 1. The molecule has 0 bridgehead atoms. The van der Waals surface area contributed by atoms with E-state index in [0.717, 1.165) is 11.5 Å². The van der Waals surface area contributed by atoms with Gasteiger partial charge >= 0.3 is 0 Å². The van der Waals surface area contributed by atoms with Gasteiger partial charge in [-0.1, -0.05) is 30.3 Å². The van der Waals surface area contributed by atoms with Crippen LogP contribution in [0.3, 0.4) is 0 Å². The molecule has 2 aromatic rings. The molecule has 2 rings (SSSR count). The van der Waals surface area contributed by atoms with E-state index in [1.807, 2.05) is 18.2 Å². The normalized spacial score (nSPS) is 10.2. The number of rotatable bonds is 6. The smallest absolute Gasteiger partial charge is 0.255 e.